The van der Waals surface area contributed by atoms with Gasteiger partial charge in [-0.25, -0.2) is 4.98 Å². The smallest absolute Gasteiger partial charge is 0.163 e. The molecule has 1 aliphatic rings. The number of aromatic nitrogens is 2. The van der Waals surface area contributed by atoms with Crippen molar-refractivity contribution in [2.45, 2.75) is 6.54 Å². The van der Waals surface area contributed by atoms with Crippen molar-refractivity contribution >= 4 is 21.8 Å². The molecule has 1 saturated heterocycles. The number of morpholine rings is 1. The first-order valence-corrected chi connectivity index (χ1v) is 8.05. The number of nitrogens with one attached hydrogen (secondary N) is 1. The molecule has 122 valence electrons. The van der Waals surface area contributed by atoms with E-state index in [4.69, 9.17) is 15.9 Å². The molecule has 24 heavy (non-hydrogen) atoms. The van der Waals surface area contributed by atoms with Gasteiger partial charge < -0.3 is 14.5 Å². The second-order valence-electron chi connectivity index (χ2n) is 5.93. The number of fused-ring (bicyclic) bond motifs is 3. The quantitative estimate of drug-likeness (QED) is 0.753. The first-order valence-electron chi connectivity index (χ1n) is 8.05. The van der Waals surface area contributed by atoms with Crippen molar-refractivity contribution < 1.29 is 9.47 Å². The summed E-state index contributed by atoms with van der Waals surface area (Å²) in [6.07, 6.45) is 7.38. The predicted molar refractivity (Wildman–Crippen MR) is 94.2 cm³/mol. The molecule has 0 bridgehead atoms. The van der Waals surface area contributed by atoms with Gasteiger partial charge in [-0.1, -0.05) is 12.1 Å². The van der Waals surface area contributed by atoms with E-state index in [0.717, 1.165) is 54.7 Å². The Bertz CT molecular complexity index is 933. The minimum atomic E-state index is 0.534. The highest BCUT2D eigenvalue weighted by Gasteiger charge is 2.18. The monoisotopic (exact) mass is 321 g/mol. The summed E-state index contributed by atoms with van der Waals surface area (Å²) < 4.78 is 11.1. The lowest BCUT2D eigenvalue weighted by atomic mass is 10.0. The number of hydrogen-bond donors (Lipinski definition) is 1. The molecule has 0 amide bonds. The van der Waals surface area contributed by atoms with Gasteiger partial charge in [0.2, 0.25) is 0 Å². The first-order chi connectivity index (χ1) is 11.8. The molecule has 3 aromatic rings. The van der Waals surface area contributed by atoms with Crippen molar-refractivity contribution in [3.8, 4) is 18.1 Å². The summed E-state index contributed by atoms with van der Waals surface area (Å²) in [5.41, 5.74) is 3.81. The normalized spacial score (nSPS) is 15.7. The van der Waals surface area contributed by atoms with Crippen LogP contribution in [0.3, 0.4) is 0 Å². The number of terminal acetylenes is 1. The Morgan fingerprint density at radius 1 is 1.29 bits per heavy atom. The molecule has 0 saturated carbocycles. The lowest BCUT2D eigenvalue weighted by Gasteiger charge is -2.26. The van der Waals surface area contributed by atoms with Gasteiger partial charge >= 0.3 is 0 Å². The van der Waals surface area contributed by atoms with Crippen LogP contribution in [-0.4, -0.2) is 48.3 Å². The average Bonchev–Trinajstić information content (AvgIpc) is 3.01. The van der Waals surface area contributed by atoms with Crippen molar-refractivity contribution in [1.82, 2.24) is 14.9 Å². The summed E-state index contributed by atoms with van der Waals surface area (Å²) in [6.45, 7) is 4.36. The number of nitrogens with zero attached hydrogens (tertiary/aromatic N) is 2. The minimum absolute atomic E-state index is 0.534. The first kappa shape index (κ1) is 15.0. The zero-order valence-electron chi connectivity index (χ0n) is 13.6. The third kappa shape index (κ3) is 2.41. The molecule has 0 spiro atoms. The lowest BCUT2D eigenvalue weighted by molar-refractivity contribution is 0.0344. The van der Waals surface area contributed by atoms with Crippen LogP contribution in [0.25, 0.3) is 21.8 Å². The molecule has 5 nitrogen and oxygen atoms in total. The Hall–Kier alpha value is -2.55. The number of methoxy groups -OCH3 is 1. The molecule has 5 heteroatoms. The summed E-state index contributed by atoms with van der Waals surface area (Å²) in [5, 5.41) is 2.18. The number of pyridine rings is 1. The summed E-state index contributed by atoms with van der Waals surface area (Å²) in [5.74, 6) is 3.28. The number of benzene rings is 1. The van der Waals surface area contributed by atoms with Crippen LogP contribution < -0.4 is 4.74 Å². The highest BCUT2D eigenvalue weighted by Crippen LogP contribution is 2.36. The molecule has 4 rings (SSSR count). The SMILES string of the molecule is C#Cc1ncc2[nH]c3cccc(CN4CCOCC4)c3c2c1OC. The molecule has 0 unspecified atom stereocenters. The number of rotatable bonds is 3. The van der Waals surface area contributed by atoms with E-state index in [2.05, 4.69) is 39.0 Å². The van der Waals surface area contributed by atoms with Crippen LogP contribution in [0.1, 0.15) is 11.3 Å². The van der Waals surface area contributed by atoms with Gasteiger partial charge in [-0.3, -0.25) is 4.90 Å². The molecule has 2 aromatic heterocycles. The second-order valence-corrected chi connectivity index (χ2v) is 5.93. The molecule has 1 fully saturated rings. The predicted octanol–water partition coefficient (Wildman–Crippen LogP) is 2.54. The molecule has 1 N–H and O–H groups in total. The van der Waals surface area contributed by atoms with E-state index in [1.54, 1.807) is 13.3 Å². The molecule has 0 aliphatic carbocycles. The Morgan fingerprint density at radius 3 is 2.88 bits per heavy atom. The van der Waals surface area contributed by atoms with Crippen LogP contribution in [0.15, 0.2) is 24.4 Å². The van der Waals surface area contributed by atoms with E-state index in [1.807, 2.05) is 0 Å². The third-order valence-corrected chi connectivity index (χ3v) is 4.54. The largest absolute Gasteiger partial charge is 0.493 e. The molecular weight excluding hydrogens is 302 g/mol. The fourth-order valence-electron chi connectivity index (χ4n) is 3.41. The molecular formula is C19H19N3O2. The van der Waals surface area contributed by atoms with Gasteiger partial charge in [-0.2, -0.15) is 0 Å². The Morgan fingerprint density at radius 2 is 2.12 bits per heavy atom. The van der Waals surface area contributed by atoms with E-state index in [9.17, 15) is 0 Å². The molecule has 0 atom stereocenters. The number of aromatic amines is 1. The minimum Gasteiger partial charge on any atom is -0.493 e. The van der Waals surface area contributed by atoms with Crippen LogP contribution in [0.2, 0.25) is 0 Å². The van der Waals surface area contributed by atoms with Crippen LogP contribution in [0, 0.1) is 12.3 Å². The summed E-state index contributed by atoms with van der Waals surface area (Å²) in [7, 11) is 1.64. The van der Waals surface area contributed by atoms with E-state index in [0.29, 0.717) is 11.4 Å². The van der Waals surface area contributed by atoms with Crippen LogP contribution >= 0.6 is 0 Å². The van der Waals surface area contributed by atoms with Gasteiger partial charge in [0.05, 0.1) is 37.4 Å². The van der Waals surface area contributed by atoms with Gasteiger partial charge in [0.15, 0.2) is 11.4 Å². The lowest BCUT2D eigenvalue weighted by Crippen LogP contribution is -2.35. The van der Waals surface area contributed by atoms with Gasteiger partial charge in [-0.15, -0.1) is 6.42 Å². The van der Waals surface area contributed by atoms with E-state index >= 15 is 0 Å². The zero-order chi connectivity index (χ0) is 16.5. The van der Waals surface area contributed by atoms with Crippen molar-refractivity contribution in [2.75, 3.05) is 33.4 Å². The third-order valence-electron chi connectivity index (χ3n) is 4.54. The van der Waals surface area contributed by atoms with Crippen molar-refractivity contribution in [3.63, 3.8) is 0 Å². The average molecular weight is 321 g/mol. The Balaban J connectivity index is 1.92. The number of H-pyrrole nitrogens is 1. The van der Waals surface area contributed by atoms with Gasteiger partial charge in [-0.05, 0) is 17.6 Å². The molecule has 1 aliphatic heterocycles. The Labute approximate surface area is 140 Å². The van der Waals surface area contributed by atoms with Gasteiger partial charge in [0.1, 0.15) is 0 Å². The van der Waals surface area contributed by atoms with Gasteiger partial charge in [0, 0.05) is 30.5 Å². The maximum absolute atomic E-state index is 5.60. The molecule has 0 radical (unpaired) electrons. The number of hydrogen-bond acceptors (Lipinski definition) is 4. The van der Waals surface area contributed by atoms with Crippen LogP contribution in [0.4, 0.5) is 0 Å². The number of ether oxygens (including phenoxy) is 2. The van der Waals surface area contributed by atoms with Crippen LogP contribution in [0.5, 0.6) is 5.75 Å². The van der Waals surface area contributed by atoms with Crippen molar-refractivity contribution in [2.24, 2.45) is 0 Å². The van der Waals surface area contributed by atoms with E-state index < -0.39 is 0 Å². The van der Waals surface area contributed by atoms with Crippen molar-refractivity contribution in [3.05, 3.63) is 35.7 Å². The maximum Gasteiger partial charge on any atom is 0.163 e. The topological polar surface area (TPSA) is 50.4 Å². The molecule has 1 aromatic carbocycles. The highest BCUT2D eigenvalue weighted by atomic mass is 16.5. The fourth-order valence-corrected chi connectivity index (χ4v) is 3.41. The maximum atomic E-state index is 5.60. The zero-order valence-corrected chi connectivity index (χ0v) is 13.6. The van der Waals surface area contributed by atoms with E-state index in [1.165, 1.54) is 5.56 Å². The fraction of sp³-hybridized carbons (Fsp3) is 0.316. The van der Waals surface area contributed by atoms with Crippen molar-refractivity contribution in [1.29, 1.82) is 0 Å². The van der Waals surface area contributed by atoms with Crippen LogP contribution in [-0.2, 0) is 11.3 Å². The summed E-state index contributed by atoms with van der Waals surface area (Å²) in [4.78, 5) is 10.2. The summed E-state index contributed by atoms with van der Waals surface area (Å²) >= 11 is 0. The summed E-state index contributed by atoms with van der Waals surface area (Å²) in [6, 6.07) is 6.32. The Kier molecular flexibility index (Phi) is 3.85. The highest BCUT2D eigenvalue weighted by molar-refractivity contribution is 6.12. The standard InChI is InChI=1S/C19H19N3O2/c1-3-14-19(23-2)18-16(11-20-14)21-15-6-4-5-13(17(15)18)12-22-7-9-24-10-8-22/h1,4-6,11,21H,7-10,12H2,2H3. The van der Waals surface area contributed by atoms with Gasteiger partial charge in [0.25, 0.3) is 0 Å². The second kappa shape index (κ2) is 6.16. The van der Waals surface area contributed by atoms with E-state index in [-0.39, 0.29) is 0 Å². The molecule has 3 heterocycles.